The number of amides is 2. The van der Waals surface area contributed by atoms with Crippen LogP contribution in [0.25, 0.3) is 0 Å². The van der Waals surface area contributed by atoms with E-state index >= 15 is 0 Å². The molecule has 1 atom stereocenters. The van der Waals surface area contributed by atoms with Crippen molar-refractivity contribution in [3.8, 4) is 17.2 Å². The lowest BCUT2D eigenvalue weighted by atomic mass is 10.1. The summed E-state index contributed by atoms with van der Waals surface area (Å²) in [5.74, 6) is 1.53. The van der Waals surface area contributed by atoms with Crippen LogP contribution in [-0.4, -0.2) is 68.6 Å². The van der Waals surface area contributed by atoms with Crippen LogP contribution in [0, 0.1) is 6.92 Å². The fraction of sp³-hybridized carbons (Fsp3) is 0.500. The van der Waals surface area contributed by atoms with Gasteiger partial charge in [-0.1, -0.05) is 0 Å². The van der Waals surface area contributed by atoms with Gasteiger partial charge < -0.3 is 29.7 Å². The molecular formula is C22H31N5O5. The van der Waals surface area contributed by atoms with Crippen molar-refractivity contribution in [2.75, 3.05) is 45.9 Å². The van der Waals surface area contributed by atoms with Gasteiger partial charge in [-0.25, -0.2) is 0 Å². The summed E-state index contributed by atoms with van der Waals surface area (Å²) >= 11 is 0. The highest BCUT2D eigenvalue weighted by Crippen LogP contribution is 2.38. The van der Waals surface area contributed by atoms with Crippen molar-refractivity contribution in [1.82, 2.24) is 20.4 Å². The molecule has 2 heterocycles. The predicted octanol–water partition coefficient (Wildman–Crippen LogP) is 1.27. The molecule has 0 radical (unpaired) electrons. The fourth-order valence-corrected chi connectivity index (χ4v) is 3.95. The first-order valence-electron chi connectivity index (χ1n) is 10.5. The van der Waals surface area contributed by atoms with Gasteiger partial charge in [0.15, 0.2) is 11.5 Å². The first-order valence-corrected chi connectivity index (χ1v) is 10.5. The second kappa shape index (κ2) is 10.3. The summed E-state index contributed by atoms with van der Waals surface area (Å²) < 4.78 is 17.7. The maximum absolute atomic E-state index is 12.6. The second-order valence-electron chi connectivity index (χ2n) is 7.72. The number of hydrogen-bond acceptors (Lipinski definition) is 7. The summed E-state index contributed by atoms with van der Waals surface area (Å²) in [5.41, 5.74) is 1.27. The second-order valence-corrected chi connectivity index (χ2v) is 7.72. The largest absolute Gasteiger partial charge is 0.493 e. The van der Waals surface area contributed by atoms with Crippen molar-refractivity contribution < 1.29 is 23.8 Å². The zero-order chi connectivity index (χ0) is 23.3. The number of ether oxygens (including phenoxy) is 3. The third-order valence-electron chi connectivity index (χ3n) is 5.42. The van der Waals surface area contributed by atoms with Gasteiger partial charge in [0.2, 0.25) is 11.7 Å². The molecule has 0 bridgehead atoms. The number of carbonyl (C=O) groups excluding carboxylic acids is 2. The lowest BCUT2D eigenvalue weighted by Crippen LogP contribution is -2.50. The molecular weight excluding hydrogens is 414 g/mol. The number of nitrogens with zero attached hydrogens (tertiary/aromatic N) is 3. The molecule has 1 saturated heterocycles. The van der Waals surface area contributed by atoms with E-state index in [0.29, 0.717) is 29.4 Å². The molecule has 0 unspecified atom stereocenters. The monoisotopic (exact) mass is 445 g/mol. The molecule has 1 aromatic carbocycles. The number of carbonyl (C=O) groups is 2. The summed E-state index contributed by atoms with van der Waals surface area (Å²) in [6.45, 7) is 3.45. The molecule has 0 saturated carbocycles. The van der Waals surface area contributed by atoms with E-state index in [0.717, 1.165) is 30.9 Å². The molecule has 2 amide bonds. The van der Waals surface area contributed by atoms with Gasteiger partial charge in [0.25, 0.3) is 5.91 Å². The van der Waals surface area contributed by atoms with Gasteiger partial charge in [-0.05, 0) is 31.9 Å². The molecule has 3 rings (SSSR count). The minimum absolute atomic E-state index is 0.00420. The highest BCUT2D eigenvalue weighted by Gasteiger charge is 2.24. The average Bonchev–Trinajstić information content (AvgIpc) is 3.14. The molecule has 10 nitrogen and oxygen atoms in total. The molecule has 0 spiro atoms. The topological polar surface area (TPSA) is 107 Å². The van der Waals surface area contributed by atoms with Gasteiger partial charge >= 0.3 is 0 Å². The van der Waals surface area contributed by atoms with Crippen LogP contribution in [0.3, 0.4) is 0 Å². The van der Waals surface area contributed by atoms with Crippen molar-refractivity contribution >= 4 is 17.6 Å². The van der Waals surface area contributed by atoms with Gasteiger partial charge in [0.05, 0.1) is 33.6 Å². The van der Waals surface area contributed by atoms with Gasteiger partial charge in [-0.2, -0.15) is 5.10 Å². The number of nitrogens with one attached hydrogen (secondary N) is 2. The standard InChI is InChI=1S/C22H31N5O5/c1-14-9-20(26(2)25-14)27-8-6-7-16(13-27)24-19(28)12-23-22(29)15-10-17(30-3)21(32-5)18(11-15)31-4/h9-11,16H,6-8,12-13H2,1-5H3,(H,23,29)(H,24,28)/t16-/m0/s1. The quantitative estimate of drug-likeness (QED) is 0.630. The highest BCUT2D eigenvalue weighted by molar-refractivity contribution is 5.97. The lowest BCUT2D eigenvalue weighted by molar-refractivity contribution is -0.120. The Balaban J connectivity index is 1.56. The van der Waals surface area contributed by atoms with Gasteiger partial charge in [-0.3, -0.25) is 14.3 Å². The summed E-state index contributed by atoms with van der Waals surface area (Å²) in [4.78, 5) is 27.3. The van der Waals surface area contributed by atoms with Crippen molar-refractivity contribution in [1.29, 1.82) is 0 Å². The van der Waals surface area contributed by atoms with Crippen LogP contribution in [0.4, 0.5) is 5.82 Å². The van der Waals surface area contributed by atoms with Crippen LogP contribution in [-0.2, 0) is 11.8 Å². The smallest absolute Gasteiger partial charge is 0.251 e. The average molecular weight is 446 g/mol. The number of aryl methyl sites for hydroxylation is 2. The molecule has 0 aliphatic carbocycles. The first kappa shape index (κ1) is 23.2. The van der Waals surface area contributed by atoms with Crippen LogP contribution in [0.2, 0.25) is 0 Å². The van der Waals surface area contributed by atoms with Crippen molar-refractivity contribution in [2.24, 2.45) is 7.05 Å². The minimum atomic E-state index is -0.407. The molecule has 1 aromatic heterocycles. The molecule has 174 valence electrons. The Morgan fingerprint density at radius 1 is 1.12 bits per heavy atom. The van der Waals surface area contributed by atoms with E-state index in [1.807, 2.05) is 24.7 Å². The number of benzene rings is 1. The molecule has 1 aliphatic heterocycles. The summed E-state index contributed by atoms with van der Waals surface area (Å²) in [6, 6.07) is 5.14. The SMILES string of the molecule is COc1cc(C(=O)NCC(=O)N[C@H]2CCCN(c3cc(C)nn3C)C2)cc(OC)c1OC. The van der Waals surface area contributed by atoms with E-state index in [1.165, 1.54) is 21.3 Å². The van der Waals surface area contributed by atoms with Crippen LogP contribution < -0.4 is 29.7 Å². The number of methoxy groups -OCH3 is 3. The molecule has 2 aromatic rings. The number of aromatic nitrogens is 2. The van der Waals surface area contributed by atoms with Crippen LogP contribution in [0.1, 0.15) is 28.9 Å². The molecule has 10 heteroatoms. The summed E-state index contributed by atoms with van der Waals surface area (Å²) in [7, 11) is 6.37. The maximum Gasteiger partial charge on any atom is 0.251 e. The molecule has 1 fully saturated rings. The molecule has 2 N–H and O–H groups in total. The number of rotatable bonds is 8. The number of hydrogen-bond donors (Lipinski definition) is 2. The van der Waals surface area contributed by atoms with Crippen LogP contribution in [0.5, 0.6) is 17.2 Å². The Bertz CT molecular complexity index is 949. The third kappa shape index (κ3) is 5.24. The Kier molecular flexibility index (Phi) is 7.45. The Labute approximate surface area is 187 Å². The first-order chi connectivity index (χ1) is 15.4. The van der Waals surface area contributed by atoms with Crippen LogP contribution in [0.15, 0.2) is 18.2 Å². The van der Waals surface area contributed by atoms with E-state index in [-0.39, 0.29) is 18.5 Å². The zero-order valence-corrected chi connectivity index (χ0v) is 19.2. The Morgan fingerprint density at radius 2 is 1.81 bits per heavy atom. The van der Waals surface area contributed by atoms with E-state index < -0.39 is 5.91 Å². The van der Waals surface area contributed by atoms with E-state index in [2.05, 4.69) is 20.6 Å². The van der Waals surface area contributed by atoms with Crippen molar-refractivity contribution in [3.05, 3.63) is 29.5 Å². The van der Waals surface area contributed by atoms with Gasteiger partial charge in [0.1, 0.15) is 5.82 Å². The molecule has 1 aliphatic rings. The lowest BCUT2D eigenvalue weighted by Gasteiger charge is -2.34. The van der Waals surface area contributed by atoms with Crippen molar-refractivity contribution in [3.63, 3.8) is 0 Å². The highest BCUT2D eigenvalue weighted by atomic mass is 16.5. The number of piperidine rings is 1. The molecule has 32 heavy (non-hydrogen) atoms. The fourth-order valence-electron chi connectivity index (χ4n) is 3.95. The normalized spacial score (nSPS) is 15.8. The third-order valence-corrected chi connectivity index (χ3v) is 5.42. The summed E-state index contributed by atoms with van der Waals surface area (Å²) in [6.07, 6.45) is 1.85. The van der Waals surface area contributed by atoms with E-state index in [9.17, 15) is 9.59 Å². The predicted molar refractivity (Wildman–Crippen MR) is 120 cm³/mol. The zero-order valence-electron chi connectivity index (χ0n) is 19.2. The van der Waals surface area contributed by atoms with E-state index in [1.54, 1.807) is 12.1 Å². The Hall–Kier alpha value is -3.43. The maximum atomic E-state index is 12.6. The number of anilines is 1. The summed E-state index contributed by atoms with van der Waals surface area (Å²) in [5, 5.41) is 10.1. The minimum Gasteiger partial charge on any atom is -0.493 e. The van der Waals surface area contributed by atoms with Gasteiger partial charge in [0, 0.05) is 37.8 Å². The van der Waals surface area contributed by atoms with Crippen molar-refractivity contribution in [2.45, 2.75) is 25.8 Å². The Morgan fingerprint density at radius 3 is 2.38 bits per heavy atom. The van der Waals surface area contributed by atoms with Gasteiger partial charge in [-0.15, -0.1) is 0 Å². The van der Waals surface area contributed by atoms with Crippen LogP contribution >= 0.6 is 0 Å². The van der Waals surface area contributed by atoms with E-state index in [4.69, 9.17) is 14.2 Å².